The Morgan fingerprint density at radius 1 is 0.938 bits per heavy atom. The highest BCUT2D eigenvalue weighted by Crippen LogP contribution is 2.69. The second-order valence-corrected chi connectivity index (χ2v) is 12.6. The standard InChI is InChI=1S/C27H49NO4/c1-5-19-23-16-18(30)8-11-27(23,4)22-9-12-26(3)20(6-7-21(26)24(22)25(19)31)17(2)10-13-28(32)14-15-29/h17-25,29-32H,5-16H2,1-4H3/t17-,18-,19-,20-,21+,22+,23+,24+,25-,26-,27-/m1/s1. The molecule has 0 radical (unpaired) electrons. The van der Waals surface area contributed by atoms with E-state index in [1.807, 2.05) is 0 Å². The minimum atomic E-state index is -0.232. The first kappa shape index (κ1) is 24.9. The molecule has 0 spiro atoms. The highest BCUT2D eigenvalue weighted by Gasteiger charge is 2.64. The van der Waals surface area contributed by atoms with Crippen LogP contribution in [0, 0.1) is 52.3 Å². The van der Waals surface area contributed by atoms with E-state index in [1.165, 1.54) is 30.7 Å². The molecule has 4 aliphatic carbocycles. The second-order valence-electron chi connectivity index (χ2n) is 12.6. The van der Waals surface area contributed by atoms with E-state index in [0.717, 1.165) is 32.1 Å². The highest BCUT2D eigenvalue weighted by molar-refractivity contribution is 5.13. The molecule has 0 aliphatic heterocycles. The maximum atomic E-state index is 11.8. The minimum absolute atomic E-state index is 0.00948. The zero-order chi connectivity index (χ0) is 23.3. The van der Waals surface area contributed by atoms with Crippen molar-refractivity contribution >= 4 is 0 Å². The minimum Gasteiger partial charge on any atom is -0.395 e. The van der Waals surface area contributed by atoms with Crippen molar-refractivity contribution in [2.24, 2.45) is 52.3 Å². The molecule has 0 aromatic heterocycles. The molecule has 32 heavy (non-hydrogen) atoms. The Bertz CT molecular complexity index is 645. The number of hydrogen-bond donors (Lipinski definition) is 4. The summed E-state index contributed by atoms with van der Waals surface area (Å²) in [7, 11) is 0. The summed E-state index contributed by atoms with van der Waals surface area (Å²) in [6, 6.07) is 0. The van der Waals surface area contributed by atoms with Gasteiger partial charge in [-0.25, -0.2) is 0 Å². The molecule has 4 rings (SSSR count). The van der Waals surface area contributed by atoms with Gasteiger partial charge in [-0.2, -0.15) is 5.06 Å². The molecular formula is C27H49NO4. The molecule has 0 heterocycles. The van der Waals surface area contributed by atoms with E-state index >= 15 is 0 Å². The summed E-state index contributed by atoms with van der Waals surface area (Å²) in [5, 5.41) is 42.5. The smallest absolute Gasteiger partial charge is 0.0605 e. The Morgan fingerprint density at radius 2 is 1.62 bits per heavy atom. The quantitative estimate of drug-likeness (QED) is 0.433. The van der Waals surface area contributed by atoms with Gasteiger partial charge in [-0.05, 0) is 104 Å². The maximum Gasteiger partial charge on any atom is 0.0605 e. The fraction of sp³-hybridized carbons (Fsp3) is 1.00. The third-order valence-corrected chi connectivity index (χ3v) is 11.4. The molecule has 4 fully saturated rings. The molecule has 4 N–H and O–H groups in total. The number of aliphatic hydroxyl groups is 3. The first-order chi connectivity index (χ1) is 15.2. The van der Waals surface area contributed by atoms with Crippen molar-refractivity contribution in [3.05, 3.63) is 0 Å². The SMILES string of the molecule is CC[C@H]1[C@@H](O)[C@@H]2[C@H](CC[C@]3(C)[C@@H]([C@H](C)CCN(O)CCO)CC[C@@H]23)[C@@]2(C)CC[C@@H](O)C[C@@H]12. The van der Waals surface area contributed by atoms with Crippen molar-refractivity contribution in [1.29, 1.82) is 0 Å². The van der Waals surface area contributed by atoms with Crippen LogP contribution in [0.5, 0.6) is 0 Å². The summed E-state index contributed by atoms with van der Waals surface area (Å²) in [6.45, 7) is 10.5. The van der Waals surface area contributed by atoms with Crippen LogP contribution in [0.3, 0.4) is 0 Å². The lowest BCUT2D eigenvalue weighted by molar-refractivity contribution is -0.203. The predicted octanol–water partition coefficient (Wildman–Crippen LogP) is 4.32. The molecule has 0 aromatic carbocycles. The third-order valence-electron chi connectivity index (χ3n) is 11.4. The predicted molar refractivity (Wildman–Crippen MR) is 126 cm³/mol. The monoisotopic (exact) mass is 451 g/mol. The van der Waals surface area contributed by atoms with Crippen LogP contribution in [0.1, 0.15) is 85.5 Å². The summed E-state index contributed by atoms with van der Waals surface area (Å²) < 4.78 is 0. The van der Waals surface area contributed by atoms with Gasteiger partial charge in [0.05, 0.1) is 18.8 Å². The summed E-state index contributed by atoms with van der Waals surface area (Å²) in [5.74, 6) is 3.52. The largest absolute Gasteiger partial charge is 0.395 e. The van der Waals surface area contributed by atoms with E-state index in [4.69, 9.17) is 5.11 Å². The van der Waals surface area contributed by atoms with Gasteiger partial charge in [0.2, 0.25) is 0 Å². The van der Waals surface area contributed by atoms with Crippen LogP contribution in [0.25, 0.3) is 0 Å². The topological polar surface area (TPSA) is 84.2 Å². The van der Waals surface area contributed by atoms with Gasteiger partial charge in [-0.3, -0.25) is 0 Å². The molecular weight excluding hydrogens is 402 g/mol. The summed E-state index contributed by atoms with van der Waals surface area (Å²) in [6.07, 6.45) is 9.39. The van der Waals surface area contributed by atoms with Crippen molar-refractivity contribution in [3.63, 3.8) is 0 Å². The fourth-order valence-corrected chi connectivity index (χ4v) is 9.71. The lowest BCUT2D eigenvalue weighted by Gasteiger charge is -2.64. The Hall–Kier alpha value is -0.200. The Labute approximate surface area is 195 Å². The summed E-state index contributed by atoms with van der Waals surface area (Å²) in [5.41, 5.74) is 0.533. The van der Waals surface area contributed by atoms with Crippen molar-refractivity contribution in [3.8, 4) is 0 Å². The number of fused-ring (bicyclic) bond motifs is 5. The van der Waals surface area contributed by atoms with Gasteiger partial charge in [-0.1, -0.05) is 34.1 Å². The van der Waals surface area contributed by atoms with Gasteiger partial charge >= 0.3 is 0 Å². The molecule has 11 atom stereocenters. The molecule has 4 saturated carbocycles. The highest BCUT2D eigenvalue weighted by atomic mass is 16.5. The fourth-order valence-electron chi connectivity index (χ4n) is 9.71. The molecule has 0 amide bonds. The first-order valence-corrected chi connectivity index (χ1v) is 13.6. The van der Waals surface area contributed by atoms with E-state index in [-0.39, 0.29) is 29.6 Å². The number of hydrogen-bond acceptors (Lipinski definition) is 5. The van der Waals surface area contributed by atoms with Crippen molar-refractivity contribution in [1.82, 2.24) is 5.06 Å². The maximum absolute atomic E-state index is 11.8. The van der Waals surface area contributed by atoms with Crippen LogP contribution in [0.4, 0.5) is 0 Å². The Balaban J connectivity index is 1.55. The van der Waals surface area contributed by atoms with Gasteiger partial charge in [0.25, 0.3) is 0 Å². The normalized spacial score (nSPS) is 49.4. The van der Waals surface area contributed by atoms with Crippen LogP contribution in [0.2, 0.25) is 0 Å². The second kappa shape index (κ2) is 9.45. The lowest BCUT2D eigenvalue weighted by atomic mass is 9.41. The zero-order valence-electron chi connectivity index (χ0n) is 20.9. The first-order valence-electron chi connectivity index (χ1n) is 13.6. The molecule has 0 aromatic rings. The Kier molecular flexibility index (Phi) is 7.36. The van der Waals surface area contributed by atoms with Crippen molar-refractivity contribution in [2.75, 3.05) is 19.7 Å². The molecule has 0 unspecified atom stereocenters. The van der Waals surface area contributed by atoms with Gasteiger partial charge < -0.3 is 20.5 Å². The molecule has 4 aliphatic rings. The molecule has 186 valence electrons. The van der Waals surface area contributed by atoms with Crippen LogP contribution >= 0.6 is 0 Å². The van der Waals surface area contributed by atoms with E-state index in [2.05, 4.69) is 27.7 Å². The van der Waals surface area contributed by atoms with Gasteiger partial charge in [0, 0.05) is 13.1 Å². The van der Waals surface area contributed by atoms with Gasteiger partial charge in [0.1, 0.15) is 0 Å². The van der Waals surface area contributed by atoms with E-state index in [1.54, 1.807) is 0 Å². The van der Waals surface area contributed by atoms with Crippen LogP contribution in [0.15, 0.2) is 0 Å². The van der Waals surface area contributed by atoms with E-state index in [0.29, 0.717) is 54.5 Å². The van der Waals surface area contributed by atoms with Crippen LogP contribution < -0.4 is 0 Å². The third kappa shape index (κ3) is 3.98. The summed E-state index contributed by atoms with van der Waals surface area (Å²) in [4.78, 5) is 0. The van der Waals surface area contributed by atoms with Gasteiger partial charge in [-0.15, -0.1) is 0 Å². The van der Waals surface area contributed by atoms with E-state index in [9.17, 15) is 15.4 Å². The number of hydroxylamine groups is 2. The molecule has 0 saturated heterocycles. The average Bonchev–Trinajstić information content (AvgIpc) is 3.11. The van der Waals surface area contributed by atoms with Gasteiger partial charge in [0.15, 0.2) is 0 Å². The lowest BCUT2D eigenvalue weighted by Crippen LogP contribution is -2.62. The van der Waals surface area contributed by atoms with Crippen molar-refractivity contribution < 1.29 is 20.5 Å². The van der Waals surface area contributed by atoms with E-state index < -0.39 is 0 Å². The van der Waals surface area contributed by atoms with Crippen LogP contribution in [-0.2, 0) is 0 Å². The summed E-state index contributed by atoms with van der Waals surface area (Å²) >= 11 is 0. The molecule has 5 nitrogen and oxygen atoms in total. The number of nitrogens with zero attached hydrogens (tertiary/aromatic N) is 1. The zero-order valence-corrected chi connectivity index (χ0v) is 20.9. The molecule has 0 bridgehead atoms. The number of aliphatic hydroxyl groups excluding tert-OH is 3. The van der Waals surface area contributed by atoms with Crippen LogP contribution in [-0.4, -0.2) is 57.5 Å². The molecule has 5 heteroatoms. The Morgan fingerprint density at radius 3 is 2.31 bits per heavy atom. The average molecular weight is 452 g/mol. The number of rotatable bonds is 7. The van der Waals surface area contributed by atoms with Crippen molar-refractivity contribution in [2.45, 2.75) is 97.7 Å².